The summed E-state index contributed by atoms with van der Waals surface area (Å²) in [6, 6.07) is 9.56. The first kappa shape index (κ1) is 18.6. The molecule has 2 saturated carbocycles. The van der Waals surface area contributed by atoms with Gasteiger partial charge in [0, 0.05) is 34.8 Å². The summed E-state index contributed by atoms with van der Waals surface area (Å²) >= 11 is 5.88. The van der Waals surface area contributed by atoms with Gasteiger partial charge in [0.15, 0.2) is 11.6 Å². The van der Waals surface area contributed by atoms with Crippen molar-refractivity contribution in [3.05, 3.63) is 64.9 Å². The second-order valence-corrected chi connectivity index (χ2v) is 8.64. The van der Waals surface area contributed by atoms with Crippen LogP contribution in [0.3, 0.4) is 0 Å². The molecule has 0 unspecified atom stereocenters. The molecule has 0 spiro atoms. The molecule has 1 amide bonds. The van der Waals surface area contributed by atoms with Crippen LogP contribution in [0.4, 0.5) is 8.78 Å². The van der Waals surface area contributed by atoms with E-state index in [4.69, 9.17) is 11.6 Å². The van der Waals surface area contributed by atoms with Crippen molar-refractivity contribution < 1.29 is 13.6 Å². The Morgan fingerprint density at radius 2 is 1.83 bits per heavy atom. The number of halogens is 3. The molecule has 29 heavy (non-hydrogen) atoms. The molecule has 4 nitrogen and oxygen atoms in total. The summed E-state index contributed by atoms with van der Waals surface area (Å²) in [6.07, 6.45) is 3.60. The monoisotopic (exact) mass is 415 g/mol. The Labute approximate surface area is 171 Å². The molecule has 1 N–H and O–H groups in total. The Morgan fingerprint density at radius 3 is 2.52 bits per heavy atom. The third-order valence-electron chi connectivity index (χ3n) is 6.54. The Balaban J connectivity index is 1.24. The number of hydrogen-bond donors (Lipinski definition) is 1. The Hall–Kier alpha value is -2.47. The number of nitrogens with one attached hydrogen (secondary N) is 1. The molecule has 2 aromatic carbocycles. The number of hydrogen-bond acceptors (Lipinski definition) is 2. The highest BCUT2D eigenvalue weighted by molar-refractivity contribution is 6.30. The van der Waals surface area contributed by atoms with E-state index in [2.05, 4.69) is 17.2 Å². The number of imidazole rings is 1. The van der Waals surface area contributed by atoms with Gasteiger partial charge in [-0.2, -0.15) is 0 Å². The van der Waals surface area contributed by atoms with E-state index in [0.717, 1.165) is 18.9 Å². The first-order chi connectivity index (χ1) is 13.9. The molecule has 3 aromatic rings. The van der Waals surface area contributed by atoms with Crippen molar-refractivity contribution in [2.45, 2.75) is 31.8 Å². The molecule has 150 valence electrons. The van der Waals surface area contributed by atoms with Gasteiger partial charge >= 0.3 is 0 Å². The molecule has 5 rings (SSSR count). The Bertz CT molecular complexity index is 1090. The molecule has 1 heterocycles. The van der Waals surface area contributed by atoms with Crippen molar-refractivity contribution in [3.8, 4) is 0 Å². The van der Waals surface area contributed by atoms with Crippen LogP contribution >= 0.6 is 11.6 Å². The van der Waals surface area contributed by atoms with Gasteiger partial charge in [0.2, 0.25) is 0 Å². The fraction of sp³-hybridized carbons (Fsp3) is 0.364. The van der Waals surface area contributed by atoms with Gasteiger partial charge in [0.05, 0.1) is 17.4 Å². The van der Waals surface area contributed by atoms with Crippen molar-refractivity contribution in [1.29, 1.82) is 0 Å². The molecule has 1 aromatic heterocycles. The third-order valence-corrected chi connectivity index (χ3v) is 6.79. The number of carbonyl (C=O) groups is 1. The molecular formula is C22H20ClF2N3O. The summed E-state index contributed by atoms with van der Waals surface area (Å²) in [5.74, 6) is -0.298. The van der Waals surface area contributed by atoms with Gasteiger partial charge in [-0.3, -0.25) is 4.79 Å². The average Bonchev–Trinajstić information content (AvgIpc) is 3.00. The molecule has 2 fully saturated rings. The molecule has 0 bridgehead atoms. The SMILES string of the molecule is C[C@@H](NC(=O)c1ccc(Cl)cc1)[C@H]1[C@@H]2C[C@@H](n3cnc4cc(F)c(F)cc43)C[C@@H]21. The van der Waals surface area contributed by atoms with E-state index in [1.165, 1.54) is 6.07 Å². The fourth-order valence-electron chi connectivity index (χ4n) is 5.13. The van der Waals surface area contributed by atoms with Gasteiger partial charge in [0.25, 0.3) is 5.91 Å². The van der Waals surface area contributed by atoms with Gasteiger partial charge in [-0.25, -0.2) is 13.8 Å². The number of rotatable bonds is 4. The first-order valence-electron chi connectivity index (χ1n) is 9.80. The molecule has 2 aliphatic carbocycles. The van der Waals surface area contributed by atoms with E-state index in [1.54, 1.807) is 30.6 Å². The third kappa shape index (κ3) is 3.19. The molecule has 7 heteroatoms. The second-order valence-electron chi connectivity index (χ2n) is 8.21. The molecular weight excluding hydrogens is 396 g/mol. The van der Waals surface area contributed by atoms with E-state index in [0.29, 0.717) is 39.4 Å². The topological polar surface area (TPSA) is 46.9 Å². The van der Waals surface area contributed by atoms with Crippen molar-refractivity contribution in [3.63, 3.8) is 0 Å². The maximum atomic E-state index is 13.7. The van der Waals surface area contributed by atoms with Crippen molar-refractivity contribution in [2.75, 3.05) is 0 Å². The van der Waals surface area contributed by atoms with Gasteiger partial charge in [-0.1, -0.05) is 11.6 Å². The second kappa shape index (κ2) is 6.80. The molecule has 2 aliphatic rings. The van der Waals surface area contributed by atoms with E-state index in [-0.39, 0.29) is 18.0 Å². The van der Waals surface area contributed by atoms with E-state index < -0.39 is 11.6 Å². The number of aromatic nitrogens is 2. The van der Waals surface area contributed by atoms with Gasteiger partial charge < -0.3 is 9.88 Å². The van der Waals surface area contributed by atoms with Crippen LogP contribution in [-0.4, -0.2) is 21.5 Å². The number of benzene rings is 2. The first-order valence-corrected chi connectivity index (χ1v) is 10.2. The van der Waals surface area contributed by atoms with Crippen LogP contribution in [0.1, 0.15) is 36.2 Å². The lowest BCUT2D eigenvalue weighted by atomic mass is 10.0. The van der Waals surface area contributed by atoms with Gasteiger partial charge in [-0.05, 0) is 61.8 Å². The predicted molar refractivity (Wildman–Crippen MR) is 107 cm³/mol. The van der Waals surface area contributed by atoms with E-state index in [9.17, 15) is 13.6 Å². The van der Waals surface area contributed by atoms with Crippen LogP contribution in [0.2, 0.25) is 5.02 Å². The smallest absolute Gasteiger partial charge is 0.251 e. The number of carbonyl (C=O) groups excluding carboxylic acids is 1. The van der Waals surface area contributed by atoms with E-state index in [1.807, 2.05) is 4.57 Å². The highest BCUT2D eigenvalue weighted by Crippen LogP contribution is 2.62. The highest BCUT2D eigenvalue weighted by atomic mass is 35.5. The minimum Gasteiger partial charge on any atom is -0.349 e. The lowest BCUT2D eigenvalue weighted by Crippen LogP contribution is -2.35. The lowest BCUT2D eigenvalue weighted by Gasteiger charge is -2.21. The number of amides is 1. The summed E-state index contributed by atoms with van der Waals surface area (Å²) in [5.41, 5.74) is 1.71. The zero-order valence-corrected chi connectivity index (χ0v) is 16.5. The fourth-order valence-corrected chi connectivity index (χ4v) is 5.26. The average molecular weight is 416 g/mol. The molecule has 0 saturated heterocycles. The van der Waals surface area contributed by atoms with Crippen molar-refractivity contribution in [1.82, 2.24) is 14.9 Å². The van der Waals surface area contributed by atoms with Crippen molar-refractivity contribution in [2.24, 2.45) is 17.8 Å². The maximum Gasteiger partial charge on any atom is 0.251 e. The molecule has 5 atom stereocenters. The Kier molecular flexibility index (Phi) is 4.35. The summed E-state index contributed by atoms with van der Waals surface area (Å²) in [7, 11) is 0. The molecule has 0 radical (unpaired) electrons. The summed E-state index contributed by atoms with van der Waals surface area (Å²) in [5, 5.41) is 3.71. The van der Waals surface area contributed by atoms with Crippen LogP contribution in [-0.2, 0) is 0 Å². The molecule has 0 aliphatic heterocycles. The quantitative estimate of drug-likeness (QED) is 0.653. The summed E-state index contributed by atoms with van der Waals surface area (Å²) in [4.78, 5) is 16.7. The van der Waals surface area contributed by atoms with Crippen LogP contribution in [0.15, 0.2) is 42.7 Å². The normalized spacial score (nSPS) is 26.3. The minimum atomic E-state index is -0.873. The lowest BCUT2D eigenvalue weighted by molar-refractivity contribution is 0.0932. The standard InChI is InChI=1S/C22H20ClF2N3O/c1-11(27-22(29)12-2-4-13(23)5-3-12)21-15-6-14(7-16(15)21)28-10-26-19-8-17(24)18(25)9-20(19)28/h2-5,8-11,14-16,21H,6-7H2,1H3,(H,27,29)/t11-,14-,15-,16+,21+/m1/s1. The predicted octanol–water partition coefficient (Wildman–Crippen LogP) is 4.98. The van der Waals surface area contributed by atoms with Crippen molar-refractivity contribution >= 4 is 28.5 Å². The zero-order valence-electron chi connectivity index (χ0n) is 15.8. The Morgan fingerprint density at radius 1 is 1.17 bits per heavy atom. The highest BCUT2D eigenvalue weighted by Gasteiger charge is 2.58. The van der Waals surface area contributed by atoms with Crippen LogP contribution in [0, 0.1) is 29.4 Å². The number of nitrogens with zero attached hydrogens (tertiary/aromatic N) is 2. The van der Waals surface area contributed by atoms with E-state index >= 15 is 0 Å². The number of fused-ring (bicyclic) bond motifs is 2. The zero-order chi connectivity index (χ0) is 20.3. The summed E-state index contributed by atoms with van der Waals surface area (Å²) < 4.78 is 29.1. The van der Waals surface area contributed by atoms with Gasteiger partial charge in [-0.15, -0.1) is 0 Å². The minimum absolute atomic E-state index is 0.0835. The van der Waals surface area contributed by atoms with Crippen LogP contribution < -0.4 is 5.32 Å². The van der Waals surface area contributed by atoms with Gasteiger partial charge in [0.1, 0.15) is 0 Å². The summed E-state index contributed by atoms with van der Waals surface area (Å²) in [6.45, 7) is 2.05. The van der Waals surface area contributed by atoms with Crippen LogP contribution in [0.25, 0.3) is 11.0 Å². The largest absolute Gasteiger partial charge is 0.349 e. The van der Waals surface area contributed by atoms with Crippen LogP contribution in [0.5, 0.6) is 0 Å². The maximum absolute atomic E-state index is 13.7.